The Hall–Kier alpha value is -1.39. The van der Waals surface area contributed by atoms with E-state index in [1.807, 2.05) is 0 Å². The summed E-state index contributed by atoms with van der Waals surface area (Å²) in [5.41, 5.74) is 4.22. The minimum atomic E-state index is -2.59. The second-order valence-electron chi connectivity index (χ2n) is 4.38. The predicted octanol–water partition coefficient (Wildman–Crippen LogP) is 1.48. The van der Waals surface area contributed by atoms with Crippen molar-refractivity contribution in [1.82, 2.24) is 4.57 Å². The molecule has 0 bridgehead atoms. The number of anilines is 1. The van der Waals surface area contributed by atoms with Gasteiger partial charge < -0.3 is 10.3 Å². The molecule has 82 valence electrons. The molecule has 1 aromatic rings. The minimum absolute atomic E-state index is 0.0880. The third-order valence-corrected chi connectivity index (χ3v) is 2.91. The minimum Gasteiger partial charge on any atom is -0.394 e. The average molecular weight is 214 g/mol. The zero-order valence-electron chi connectivity index (χ0n) is 8.34. The van der Waals surface area contributed by atoms with Gasteiger partial charge in [-0.2, -0.15) is 0 Å². The lowest BCUT2D eigenvalue weighted by Gasteiger charge is -2.13. The number of alkyl halides is 2. The van der Waals surface area contributed by atoms with E-state index in [1.54, 1.807) is 0 Å². The molecular formula is C10H12F2N2O. The molecule has 1 fully saturated rings. The summed E-state index contributed by atoms with van der Waals surface area (Å²) in [5.74, 6) is -2.59. The van der Waals surface area contributed by atoms with Crippen LogP contribution in [0.4, 0.5) is 14.5 Å². The lowest BCUT2D eigenvalue weighted by atomic mass is 10.1. The number of pyridine rings is 1. The summed E-state index contributed by atoms with van der Waals surface area (Å²) in [6.45, 7) is 1.71. The van der Waals surface area contributed by atoms with Gasteiger partial charge >= 0.3 is 0 Å². The van der Waals surface area contributed by atoms with Crippen LogP contribution >= 0.6 is 0 Å². The van der Waals surface area contributed by atoms with Gasteiger partial charge in [0.05, 0.1) is 11.1 Å². The van der Waals surface area contributed by atoms with Crippen LogP contribution in [0.3, 0.4) is 0 Å². The van der Waals surface area contributed by atoms with Crippen LogP contribution in [0.15, 0.2) is 23.3 Å². The zero-order chi connectivity index (χ0) is 11.3. The second kappa shape index (κ2) is 2.81. The average Bonchev–Trinajstić information content (AvgIpc) is 2.58. The van der Waals surface area contributed by atoms with Crippen molar-refractivity contribution in [3.63, 3.8) is 0 Å². The lowest BCUT2D eigenvalue weighted by Crippen LogP contribution is -2.18. The molecule has 0 saturated heterocycles. The van der Waals surface area contributed by atoms with Crippen molar-refractivity contribution < 1.29 is 8.78 Å². The molecule has 0 amide bonds. The molecule has 5 heteroatoms. The van der Waals surface area contributed by atoms with Gasteiger partial charge in [-0.1, -0.05) is 6.92 Å². The number of nitrogens with two attached hydrogens (primary N) is 1. The number of rotatable bonds is 2. The maximum atomic E-state index is 12.9. The molecular weight excluding hydrogens is 202 g/mol. The Morgan fingerprint density at radius 2 is 2.20 bits per heavy atom. The Balaban J connectivity index is 2.20. The van der Waals surface area contributed by atoms with Crippen LogP contribution in [-0.2, 0) is 6.54 Å². The van der Waals surface area contributed by atoms with Crippen molar-refractivity contribution in [2.45, 2.75) is 25.8 Å². The second-order valence-corrected chi connectivity index (χ2v) is 4.38. The van der Waals surface area contributed by atoms with Gasteiger partial charge in [0.1, 0.15) is 0 Å². The smallest absolute Gasteiger partial charge is 0.256 e. The summed E-state index contributed by atoms with van der Waals surface area (Å²) < 4.78 is 27.4. The molecule has 1 saturated carbocycles. The Labute approximate surface area is 85.5 Å². The van der Waals surface area contributed by atoms with Gasteiger partial charge in [0, 0.05) is 31.4 Å². The fourth-order valence-corrected chi connectivity index (χ4v) is 1.66. The number of hydrogen-bond donors (Lipinski definition) is 1. The highest BCUT2D eigenvalue weighted by Gasteiger charge is 2.67. The molecule has 1 aliphatic carbocycles. The van der Waals surface area contributed by atoms with Crippen LogP contribution in [0, 0.1) is 5.41 Å². The summed E-state index contributed by atoms with van der Waals surface area (Å²) >= 11 is 0. The van der Waals surface area contributed by atoms with E-state index < -0.39 is 11.3 Å². The highest BCUT2D eigenvalue weighted by atomic mass is 19.3. The normalized spacial score (nSPS) is 27.7. The van der Waals surface area contributed by atoms with Gasteiger partial charge in [-0.05, 0) is 0 Å². The van der Waals surface area contributed by atoms with Crippen molar-refractivity contribution in [3.05, 3.63) is 28.7 Å². The molecule has 1 aromatic heterocycles. The maximum Gasteiger partial charge on any atom is 0.256 e. The monoisotopic (exact) mass is 214 g/mol. The lowest BCUT2D eigenvalue weighted by molar-refractivity contribution is 0.0636. The molecule has 1 heterocycles. The van der Waals surface area contributed by atoms with Gasteiger partial charge in [0.2, 0.25) is 5.43 Å². The number of aromatic nitrogens is 1. The van der Waals surface area contributed by atoms with Crippen molar-refractivity contribution in [2.24, 2.45) is 5.41 Å². The fourth-order valence-electron chi connectivity index (χ4n) is 1.66. The molecule has 3 nitrogen and oxygen atoms in total. The largest absolute Gasteiger partial charge is 0.394 e. The summed E-state index contributed by atoms with van der Waals surface area (Å²) in [4.78, 5) is 11.0. The first kappa shape index (κ1) is 10.1. The van der Waals surface area contributed by atoms with Gasteiger partial charge in [0.25, 0.3) is 5.92 Å². The first-order valence-corrected chi connectivity index (χ1v) is 4.67. The Morgan fingerprint density at radius 1 is 1.60 bits per heavy atom. The van der Waals surface area contributed by atoms with Crippen molar-refractivity contribution in [3.8, 4) is 0 Å². The highest BCUT2D eigenvalue weighted by Crippen LogP contribution is 2.61. The van der Waals surface area contributed by atoms with E-state index in [0.29, 0.717) is 0 Å². The van der Waals surface area contributed by atoms with E-state index in [1.165, 1.54) is 30.0 Å². The number of hydrogen-bond acceptors (Lipinski definition) is 2. The van der Waals surface area contributed by atoms with E-state index in [2.05, 4.69) is 0 Å². The van der Waals surface area contributed by atoms with Crippen LogP contribution < -0.4 is 11.2 Å². The Kier molecular flexibility index (Phi) is 1.90. The predicted molar refractivity (Wildman–Crippen MR) is 52.8 cm³/mol. The van der Waals surface area contributed by atoms with Crippen LogP contribution in [0.25, 0.3) is 0 Å². The standard InChI is InChI=1S/C10H12F2N2O/c1-9(5-10(9,11)12)6-14-3-2-8(15)7(13)4-14/h2-4H,5-6,13H2,1H3. The highest BCUT2D eigenvalue weighted by molar-refractivity contribution is 5.33. The molecule has 2 rings (SSSR count). The molecule has 0 radical (unpaired) electrons. The topological polar surface area (TPSA) is 48.0 Å². The van der Waals surface area contributed by atoms with Gasteiger partial charge in [-0.15, -0.1) is 0 Å². The molecule has 1 aliphatic rings. The van der Waals surface area contributed by atoms with E-state index in [-0.39, 0.29) is 24.1 Å². The zero-order valence-corrected chi connectivity index (χ0v) is 8.34. The van der Waals surface area contributed by atoms with E-state index >= 15 is 0 Å². The van der Waals surface area contributed by atoms with Crippen LogP contribution in [-0.4, -0.2) is 10.5 Å². The quantitative estimate of drug-likeness (QED) is 0.810. The fraction of sp³-hybridized carbons (Fsp3) is 0.500. The SMILES string of the molecule is CC1(Cn2ccc(=O)c(N)c2)CC1(F)F. The molecule has 0 spiro atoms. The number of halogens is 2. The van der Waals surface area contributed by atoms with Crippen molar-refractivity contribution >= 4 is 5.69 Å². The van der Waals surface area contributed by atoms with E-state index in [0.717, 1.165) is 0 Å². The van der Waals surface area contributed by atoms with Crippen molar-refractivity contribution in [2.75, 3.05) is 5.73 Å². The summed E-state index contributed by atoms with van der Waals surface area (Å²) in [5, 5.41) is 0. The third kappa shape index (κ3) is 1.62. The molecule has 1 unspecified atom stereocenters. The molecule has 0 aromatic carbocycles. The first-order chi connectivity index (χ1) is 6.84. The van der Waals surface area contributed by atoms with Gasteiger partial charge in [-0.25, -0.2) is 8.78 Å². The Bertz CT molecular complexity index is 455. The van der Waals surface area contributed by atoms with E-state index in [4.69, 9.17) is 5.73 Å². The van der Waals surface area contributed by atoms with Crippen LogP contribution in [0.2, 0.25) is 0 Å². The first-order valence-electron chi connectivity index (χ1n) is 4.67. The molecule has 2 N–H and O–H groups in total. The van der Waals surface area contributed by atoms with Crippen LogP contribution in [0.1, 0.15) is 13.3 Å². The van der Waals surface area contributed by atoms with Crippen molar-refractivity contribution in [1.29, 1.82) is 0 Å². The maximum absolute atomic E-state index is 12.9. The summed E-state index contributed by atoms with van der Waals surface area (Å²) in [6, 6.07) is 1.29. The number of nitrogens with zero attached hydrogens (tertiary/aromatic N) is 1. The van der Waals surface area contributed by atoms with E-state index in [9.17, 15) is 13.6 Å². The number of nitrogen functional groups attached to an aromatic ring is 1. The summed E-state index contributed by atoms with van der Waals surface area (Å²) in [6.07, 6.45) is 2.78. The van der Waals surface area contributed by atoms with Gasteiger partial charge in [-0.3, -0.25) is 4.79 Å². The summed E-state index contributed by atoms with van der Waals surface area (Å²) in [7, 11) is 0. The Morgan fingerprint density at radius 3 is 2.67 bits per heavy atom. The van der Waals surface area contributed by atoms with Gasteiger partial charge in [0.15, 0.2) is 0 Å². The van der Waals surface area contributed by atoms with Crippen LogP contribution in [0.5, 0.6) is 0 Å². The molecule has 0 aliphatic heterocycles. The molecule has 1 atom stereocenters. The third-order valence-electron chi connectivity index (χ3n) is 2.91. The molecule has 15 heavy (non-hydrogen) atoms.